The minimum atomic E-state index is -3.79. The minimum Gasteiger partial charge on any atom is -0.506 e. The van der Waals surface area contributed by atoms with Gasteiger partial charge >= 0.3 is 0 Å². The largest absolute Gasteiger partial charge is 0.506 e. The maximum Gasteiger partial charge on any atom is 0.265 e. The Morgan fingerprint density at radius 3 is 2.37 bits per heavy atom. The van der Waals surface area contributed by atoms with Gasteiger partial charge in [-0.1, -0.05) is 68.8 Å². The SMILES string of the molecule is CCCCCCCCC(Oc1cc(OCOC)ccc1C)C(=O)Nc1cc(O)c(NC(=O)c2ccccc2NS(=O)(=O)CCOC)cc1Cl. The molecule has 0 aromatic heterocycles. The second kappa shape index (κ2) is 19.8. The molecule has 0 saturated carbocycles. The van der Waals surface area contributed by atoms with Crippen LogP contribution in [0.25, 0.3) is 0 Å². The summed E-state index contributed by atoms with van der Waals surface area (Å²) in [5.41, 5.74) is 0.934. The van der Waals surface area contributed by atoms with Gasteiger partial charge in [-0.2, -0.15) is 0 Å². The topological polar surface area (TPSA) is 162 Å². The molecule has 3 aromatic rings. The van der Waals surface area contributed by atoms with Crippen LogP contribution in [0, 0.1) is 6.92 Å². The highest BCUT2D eigenvalue weighted by atomic mass is 35.5. The van der Waals surface area contributed by atoms with Crippen LogP contribution in [0.1, 0.15) is 67.8 Å². The van der Waals surface area contributed by atoms with E-state index in [2.05, 4.69) is 22.3 Å². The highest BCUT2D eigenvalue weighted by molar-refractivity contribution is 7.92. The molecule has 0 aliphatic carbocycles. The normalized spacial score (nSPS) is 11.9. The Morgan fingerprint density at radius 2 is 1.63 bits per heavy atom. The number of unbranched alkanes of at least 4 members (excludes halogenated alkanes) is 5. The number of methoxy groups -OCH3 is 2. The summed E-state index contributed by atoms with van der Waals surface area (Å²) in [4.78, 5) is 26.8. The Balaban J connectivity index is 1.78. The number of phenols is 1. The lowest BCUT2D eigenvalue weighted by molar-refractivity contribution is -0.123. The lowest BCUT2D eigenvalue weighted by Crippen LogP contribution is -2.33. The third kappa shape index (κ3) is 12.7. The second-order valence-electron chi connectivity index (χ2n) is 11.4. The molecule has 49 heavy (non-hydrogen) atoms. The predicted molar refractivity (Wildman–Crippen MR) is 192 cm³/mol. The molecular weight excluding hydrogens is 674 g/mol. The van der Waals surface area contributed by atoms with Gasteiger partial charge in [0.15, 0.2) is 12.9 Å². The summed E-state index contributed by atoms with van der Waals surface area (Å²) in [6.45, 7) is 4.05. The molecule has 2 amide bonds. The van der Waals surface area contributed by atoms with E-state index in [0.29, 0.717) is 17.9 Å². The molecular formula is C35H46ClN3O9S. The Bertz CT molecular complexity index is 1650. The summed E-state index contributed by atoms with van der Waals surface area (Å²) in [5.74, 6) is -0.844. The van der Waals surface area contributed by atoms with Crippen LogP contribution in [-0.2, 0) is 24.3 Å². The number of carbonyl (C=O) groups excluding carboxylic acids is 2. The van der Waals surface area contributed by atoms with Crippen LogP contribution >= 0.6 is 11.6 Å². The summed E-state index contributed by atoms with van der Waals surface area (Å²) in [5, 5.41) is 16.2. The molecule has 14 heteroatoms. The van der Waals surface area contributed by atoms with Crippen molar-refractivity contribution in [3.63, 3.8) is 0 Å². The number of aryl methyl sites for hydroxylation is 1. The van der Waals surface area contributed by atoms with Gasteiger partial charge in [-0.05, 0) is 49.6 Å². The first-order valence-corrected chi connectivity index (χ1v) is 18.1. The Hall–Kier alpha value is -4.04. The number of nitrogens with one attached hydrogen (secondary N) is 3. The van der Waals surface area contributed by atoms with Crippen LogP contribution in [0.5, 0.6) is 17.2 Å². The number of anilines is 3. The van der Waals surface area contributed by atoms with Gasteiger partial charge in [0.05, 0.1) is 40.0 Å². The molecule has 268 valence electrons. The molecule has 4 N–H and O–H groups in total. The monoisotopic (exact) mass is 719 g/mol. The van der Waals surface area contributed by atoms with Crippen molar-refractivity contribution >= 4 is 50.5 Å². The Labute approximate surface area is 293 Å². The van der Waals surface area contributed by atoms with Crippen molar-refractivity contribution in [2.45, 2.75) is 64.9 Å². The number of amides is 2. The first-order chi connectivity index (χ1) is 23.5. The highest BCUT2D eigenvalue weighted by Gasteiger charge is 2.24. The molecule has 0 bridgehead atoms. The number of hydrogen-bond acceptors (Lipinski definition) is 9. The number of hydrogen-bond donors (Lipinski definition) is 4. The van der Waals surface area contributed by atoms with E-state index in [1.807, 2.05) is 13.0 Å². The Kier molecular flexibility index (Phi) is 15.9. The predicted octanol–water partition coefficient (Wildman–Crippen LogP) is 7.11. The van der Waals surface area contributed by atoms with Crippen LogP contribution < -0.4 is 24.8 Å². The zero-order valence-corrected chi connectivity index (χ0v) is 29.9. The van der Waals surface area contributed by atoms with E-state index in [1.54, 1.807) is 24.3 Å². The van der Waals surface area contributed by atoms with E-state index in [9.17, 15) is 23.1 Å². The van der Waals surface area contributed by atoms with Crippen molar-refractivity contribution < 1.29 is 42.1 Å². The van der Waals surface area contributed by atoms with Gasteiger partial charge in [0, 0.05) is 26.4 Å². The number of phenolic OH excluding ortho intramolecular Hbond substituents is 1. The molecule has 12 nitrogen and oxygen atoms in total. The number of carbonyl (C=O) groups is 2. The third-order valence-electron chi connectivity index (χ3n) is 7.47. The van der Waals surface area contributed by atoms with Crippen molar-refractivity contribution in [3.8, 4) is 17.2 Å². The molecule has 0 aliphatic heterocycles. The fraction of sp³-hybridized carbons (Fsp3) is 0.429. The van der Waals surface area contributed by atoms with E-state index >= 15 is 0 Å². The molecule has 0 heterocycles. The number of sulfonamides is 1. The summed E-state index contributed by atoms with van der Waals surface area (Å²) < 4.78 is 48.8. The van der Waals surface area contributed by atoms with Crippen molar-refractivity contribution in [3.05, 3.63) is 70.7 Å². The van der Waals surface area contributed by atoms with Gasteiger partial charge in [-0.3, -0.25) is 14.3 Å². The van der Waals surface area contributed by atoms with Crippen LogP contribution in [0.15, 0.2) is 54.6 Å². The zero-order chi connectivity index (χ0) is 35.8. The fourth-order valence-corrected chi connectivity index (χ4v) is 5.99. The van der Waals surface area contributed by atoms with Gasteiger partial charge < -0.3 is 34.7 Å². The summed E-state index contributed by atoms with van der Waals surface area (Å²) in [6, 6.07) is 13.9. The van der Waals surface area contributed by atoms with Crippen molar-refractivity contribution in [1.29, 1.82) is 0 Å². The molecule has 0 spiro atoms. The van der Waals surface area contributed by atoms with Gasteiger partial charge in [-0.15, -0.1) is 0 Å². The molecule has 3 aromatic carbocycles. The molecule has 0 aliphatic rings. The van der Waals surface area contributed by atoms with Crippen LogP contribution in [0.4, 0.5) is 17.1 Å². The molecule has 0 saturated heterocycles. The average molecular weight is 720 g/mol. The number of halogens is 1. The van der Waals surface area contributed by atoms with E-state index in [-0.39, 0.29) is 52.6 Å². The lowest BCUT2D eigenvalue weighted by atomic mass is 10.1. The third-order valence-corrected chi connectivity index (χ3v) is 9.02. The van der Waals surface area contributed by atoms with Gasteiger partial charge in [0.2, 0.25) is 10.0 Å². The van der Waals surface area contributed by atoms with E-state index < -0.39 is 27.9 Å². The molecule has 0 fully saturated rings. The molecule has 1 atom stereocenters. The number of benzene rings is 3. The average Bonchev–Trinajstić information content (AvgIpc) is 3.07. The summed E-state index contributed by atoms with van der Waals surface area (Å²) in [6.07, 6.45) is 5.72. The fourth-order valence-electron chi connectivity index (χ4n) is 4.77. The minimum absolute atomic E-state index is 0.0121. The second-order valence-corrected chi connectivity index (χ2v) is 13.6. The highest BCUT2D eigenvalue weighted by Crippen LogP contribution is 2.35. The van der Waals surface area contributed by atoms with E-state index in [4.69, 9.17) is 30.5 Å². The van der Waals surface area contributed by atoms with Crippen LogP contribution in [0.3, 0.4) is 0 Å². The maximum absolute atomic E-state index is 13.6. The number of aromatic hydroxyl groups is 1. The van der Waals surface area contributed by atoms with Gasteiger partial charge in [0.25, 0.3) is 11.8 Å². The standard InChI is InChI=1S/C35H46ClN3O9S/c1-5-6-7-8-9-10-15-32(48-33-20-25(47-23-46-4)17-16-24(33)2)35(42)37-29-22-31(40)30(21-27(29)36)38-34(41)26-13-11-12-14-28(26)39-49(43,44)19-18-45-3/h11-14,16-17,20-22,32,39-40H,5-10,15,18-19,23H2,1-4H3,(H,37,42)(H,38,41). The smallest absolute Gasteiger partial charge is 0.265 e. The lowest BCUT2D eigenvalue weighted by Gasteiger charge is -2.21. The maximum atomic E-state index is 13.6. The van der Waals surface area contributed by atoms with Crippen molar-refractivity contribution in [1.82, 2.24) is 0 Å². The molecule has 0 radical (unpaired) electrons. The van der Waals surface area contributed by atoms with Crippen LogP contribution in [-0.4, -0.2) is 64.8 Å². The first kappa shape index (κ1) is 39.4. The van der Waals surface area contributed by atoms with Gasteiger partial charge in [0.1, 0.15) is 17.2 Å². The number of para-hydroxylation sites is 1. The zero-order valence-electron chi connectivity index (χ0n) is 28.3. The van der Waals surface area contributed by atoms with Crippen LogP contribution in [0.2, 0.25) is 5.02 Å². The number of ether oxygens (including phenoxy) is 4. The van der Waals surface area contributed by atoms with Crippen molar-refractivity contribution in [2.24, 2.45) is 0 Å². The summed E-state index contributed by atoms with van der Waals surface area (Å²) >= 11 is 6.53. The number of rotatable bonds is 21. The summed E-state index contributed by atoms with van der Waals surface area (Å²) in [7, 11) is -0.886. The molecule has 1 unspecified atom stereocenters. The van der Waals surface area contributed by atoms with Gasteiger partial charge in [-0.25, -0.2) is 8.42 Å². The van der Waals surface area contributed by atoms with E-state index in [1.165, 1.54) is 38.5 Å². The van der Waals surface area contributed by atoms with E-state index in [0.717, 1.165) is 44.1 Å². The first-order valence-electron chi connectivity index (χ1n) is 16.1. The quantitative estimate of drug-likeness (QED) is 0.0511. The Morgan fingerprint density at radius 1 is 0.898 bits per heavy atom. The van der Waals surface area contributed by atoms with Crippen molar-refractivity contribution in [2.75, 3.05) is 48.7 Å². The molecule has 3 rings (SSSR count).